The molecule has 0 saturated carbocycles. The third-order valence-corrected chi connectivity index (χ3v) is 13.2. The van der Waals surface area contributed by atoms with Crippen molar-refractivity contribution < 1.29 is 28.6 Å². The third kappa shape index (κ3) is 52.9. The molecule has 0 N–H and O–H groups in total. The first-order valence-corrected chi connectivity index (χ1v) is 29.3. The van der Waals surface area contributed by atoms with Crippen molar-refractivity contribution in [2.75, 3.05) is 13.2 Å². The summed E-state index contributed by atoms with van der Waals surface area (Å²) >= 11 is 0. The summed E-state index contributed by atoms with van der Waals surface area (Å²) < 4.78 is 16.9. The fourth-order valence-electron chi connectivity index (χ4n) is 8.77. The molecule has 0 aliphatic rings. The van der Waals surface area contributed by atoms with Crippen LogP contribution in [0.5, 0.6) is 0 Å². The van der Waals surface area contributed by atoms with Crippen LogP contribution in [0.3, 0.4) is 0 Å². The number of hydrogen-bond donors (Lipinski definition) is 0. The minimum absolute atomic E-state index is 0.0715. The van der Waals surface area contributed by atoms with E-state index in [2.05, 4.69) is 45.1 Å². The van der Waals surface area contributed by atoms with Gasteiger partial charge in [0, 0.05) is 19.3 Å². The zero-order valence-electron chi connectivity index (χ0n) is 44.5. The lowest BCUT2D eigenvalue weighted by atomic mass is 10.0. The van der Waals surface area contributed by atoms with E-state index in [0.717, 1.165) is 77.0 Å². The Labute approximate surface area is 411 Å². The molecule has 6 heteroatoms. The number of esters is 3. The molecule has 0 heterocycles. The lowest BCUT2D eigenvalue weighted by Crippen LogP contribution is -2.30. The molecular weight excluding hydrogens is 817 g/mol. The predicted octanol–water partition coefficient (Wildman–Crippen LogP) is 19.5. The molecule has 0 aromatic rings. The number of ether oxygens (including phenoxy) is 3. The molecule has 0 fully saturated rings. The van der Waals surface area contributed by atoms with Crippen molar-refractivity contribution in [1.29, 1.82) is 0 Å². The first kappa shape index (κ1) is 63.9. The van der Waals surface area contributed by atoms with Crippen LogP contribution in [0.25, 0.3) is 0 Å². The molecule has 1 atom stereocenters. The average Bonchev–Trinajstić information content (AvgIpc) is 3.31. The lowest BCUT2D eigenvalue weighted by Gasteiger charge is -2.18. The fourth-order valence-corrected chi connectivity index (χ4v) is 8.77. The van der Waals surface area contributed by atoms with Crippen LogP contribution in [0.1, 0.15) is 323 Å². The summed E-state index contributed by atoms with van der Waals surface area (Å²) in [6.07, 6.45) is 64.6. The molecule has 0 radical (unpaired) electrons. The molecule has 6 nitrogen and oxygen atoms in total. The standard InChI is InChI=1S/C60H112O6/c1-4-7-10-13-16-19-22-25-27-28-29-30-31-32-34-35-38-41-44-47-50-53-59(62)65-56-57(55-64-58(61)52-49-46-43-40-37-24-21-18-15-12-9-6-3)66-60(63)54-51-48-45-42-39-36-33-26-23-20-17-14-11-8-5-2/h17,20,26,33,57H,4-16,18-19,21-25,27-32,34-56H2,1-3H3/b20-17-,33-26-/t57-/m0/s1. The van der Waals surface area contributed by atoms with E-state index in [-0.39, 0.29) is 31.1 Å². The van der Waals surface area contributed by atoms with E-state index in [4.69, 9.17) is 14.2 Å². The van der Waals surface area contributed by atoms with Crippen molar-refractivity contribution in [2.45, 2.75) is 329 Å². The summed E-state index contributed by atoms with van der Waals surface area (Å²) in [5.41, 5.74) is 0. The second-order valence-corrected chi connectivity index (χ2v) is 19.9. The summed E-state index contributed by atoms with van der Waals surface area (Å²) in [6, 6.07) is 0. The van der Waals surface area contributed by atoms with E-state index in [9.17, 15) is 14.4 Å². The molecule has 0 unspecified atom stereocenters. The van der Waals surface area contributed by atoms with Crippen molar-refractivity contribution in [3.8, 4) is 0 Å². The Balaban J connectivity index is 4.27. The quantitative estimate of drug-likeness (QED) is 0.0262. The van der Waals surface area contributed by atoms with Crippen molar-refractivity contribution in [3.63, 3.8) is 0 Å². The Hall–Kier alpha value is -2.11. The Bertz CT molecular complexity index is 1070. The maximum Gasteiger partial charge on any atom is 0.306 e. The van der Waals surface area contributed by atoms with Gasteiger partial charge in [-0.2, -0.15) is 0 Å². The Kier molecular flexibility index (Phi) is 53.7. The van der Waals surface area contributed by atoms with Gasteiger partial charge in [-0.1, -0.05) is 276 Å². The van der Waals surface area contributed by atoms with Crippen molar-refractivity contribution in [3.05, 3.63) is 24.3 Å². The Morgan fingerprint density at radius 2 is 0.545 bits per heavy atom. The predicted molar refractivity (Wildman–Crippen MR) is 284 cm³/mol. The second kappa shape index (κ2) is 55.5. The van der Waals surface area contributed by atoms with Gasteiger partial charge in [0.05, 0.1) is 0 Å². The average molecular weight is 930 g/mol. The van der Waals surface area contributed by atoms with Crippen LogP contribution in [-0.4, -0.2) is 37.2 Å². The lowest BCUT2D eigenvalue weighted by molar-refractivity contribution is -0.167. The van der Waals surface area contributed by atoms with Gasteiger partial charge in [0.15, 0.2) is 6.10 Å². The van der Waals surface area contributed by atoms with Crippen LogP contribution in [0.15, 0.2) is 24.3 Å². The Morgan fingerprint density at radius 1 is 0.303 bits per heavy atom. The van der Waals surface area contributed by atoms with Crippen LogP contribution in [0.4, 0.5) is 0 Å². The van der Waals surface area contributed by atoms with Gasteiger partial charge in [-0.05, 0) is 51.4 Å². The van der Waals surface area contributed by atoms with Crippen LogP contribution in [0, 0.1) is 0 Å². The molecule has 388 valence electrons. The monoisotopic (exact) mass is 929 g/mol. The number of carbonyl (C=O) groups excluding carboxylic acids is 3. The first-order chi connectivity index (χ1) is 32.5. The summed E-state index contributed by atoms with van der Waals surface area (Å²) in [5.74, 6) is -0.865. The van der Waals surface area contributed by atoms with E-state index in [0.29, 0.717) is 19.3 Å². The van der Waals surface area contributed by atoms with Crippen molar-refractivity contribution in [2.24, 2.45) is 0 Å². The minimum Gasteiger partial charge on any atom is -0.462 e. The molecule has 0 aliphatic heterocycles. The molecule has 0 saturated heterocycles. The Morgan fingerprint density at radius 3 is 0.864 bits per heavy atom. The largest absolute Gasteiger partial charge is 0.462 e. The highest BCUT2D eigenvalue weighted by Gasteiger charge is 2.19. The van der Waals surface area contributed by atoms with E-state index in [1.54, 1.807) is 0 Å². The van der Waals surface area contributed by atoms with E-state index in [1.807, 2.05) is 0 Å². The van der Waals surface area contributed by atoms with Crippen molar-refractivity contribution in [1.82, 2.24) is 0 Å². The minimum atomic E-state index is -0.773. The fraction of sp³-hybridized carbons (Fsp3) is 0.883. The summed E-state index contributed by atoms with van der Waals surface area (Å²) in [4.78, 5) is 38.1. The van der Waals surface area contributed by atoms with E-state index < -0.39 is 6.10 Å². The molecule has 66 heavy (non-hydrogen) atoms. The van der Waals surface area contributed by atoms with Gasteiger partial charge < -0.3 is 14.2 Å². The number of unbranched alkanes of at least 4 members (excludes halogenated alkanes) is 39. The molecular formula is C60H112O6. The van der Waals surface area contributed by atoms with E-state index in [1.165, 1.54) is 205 Å². The van der Waals surface area contributed by atoms with Gasteiger partial charge in [-0.15, -0.1) is 0 Å². The number of rotatable bonds is 54. The third-order valence-electron chi connectivity index (χ3n) is 13.2. The molecule has 0 aromatic heterocycles. The first-order valence-electron chi connectivity index (χ1n) is 29.3. The molecule has 0 amide bonds. The number of carbonyl (C=O) groups is 3. The number of allylic oxidation sites excluding steroid dienone is 4. The SMILES string of the molecule is CCCCC/C=C\C/C=C\CCCCCCCC(=O)O[C@@H](COC(=O)CCCCCCCCCCCCCC)COC(=O)CCCCCCCCCCCCCCCCCCCCCCC. The molecule has 0 aliphatic carbocycles. The van der Waals surface area contributed by atoms with Gasteiger partial charge in [0.1, 0.15) is 13.2 Å². The van der Waals surface area contributed by atoms with Crippen LogP contribution < -0.4 is 0 Å². The van der Waals surface area contributed by atoms with Gasteiger partial charge in [0.2, 0.25) is 0 Å². The van der Waals surface area contributed by atoms with Gasteiger partial charge in [-0.25, -0.2) is 0 Å². The smallest absolute Gasteiger partial charge is 0.306 e. The summed E-state index contributed by atoms with van der Waals surface area (Å²) in [6.45, 7) is 6.65. The zero-order valence-corrected chi connectivity index (χ0v) is 44.5. The van der Waals surface area contributed by atoms with E-state index >= 15 is 0 Å². The summed E-state index contributed by atoms with van der Waals surface area (Å²) in [5, 5.41) is 0. The highest BCUT2D eigenvalue weighted by molar-refractivity contribution is 5.71. The normalized spacial score (nSPS) is 12.1. The molecule has 0 rings (SSSR count). The maximum absolute atomic E-state index is 12.8. The number of hydrogen-bond acceptors (Lipinski definition) is 6. The highest BCUT2D eigenvalue weighted by Crippen LogP contribution is 2.17. The topological polar surface area (TPSA) is 78.9 Å². The van der Waals surface area contributed by atoms with Crippen LogP contribution in [-0.2, 0) is 28.6 Å². The zero-order chi connectivity index (χ0) is 47.9. The van der Waals surface area contributed by atoms with Crippen LogP contribution >= 0.6 is 0 Å². The van der Waals surface area contributed by atoms with Gasteiger partial charge in [-0.3, -0.25) is 14.4 Å². The highest BCUT2D eigenvalue weighted by atomic mass is 16.6. The van der Waals surface area contributed by atoms with Crippen molar-refractivity contribution >= 4 is 17.9 Å². The molecule has 0 aromatic carbocycles. The van der Waals surface area contributed by atoms with Gasteiger partial charge >= 0.3 is 17.9 Å². The molecule has 0 spiro atoms. The van der Waals surface area contributed by atoms with Crippen LogP contribution in [0.2, 0.25) is 0 Å². The second-order valence-electron chi connectivity index (χ2n) is 19.9. The maximum atomic E-state index is 12.8. The summed E-state index contributed by atoms with van der Waals surface area (Å²) in [7, 11) is 0. The molecule has 0 bridgehead atoms. The van der Waals surface area contributed by atoms with Gasteiger partial charge in [0.25, 0.3) is 0 Å².